The number of esters is 2. The van der Waals surface area contributed by atoms with Crippen molar-refractivity contribution in [2.24, 2.45) is 0 Å². The van der Waals surface area contributed by atoms with E-state index in [2.05, 4.69) is 17.9 Å². The Balaban J connectivity index is 3.48. The average molecular weight is 210 g/mol. The van der Waals surface area contributed by atoms with Gasteiger partial charge in [-0.25, -0.2) is 9.59 Å². The molecular formula is C11H14O4. The van der Waals surface area contributed by atoms with Gasteiger partial charge in [-0.3, -0.25) is 0 Å². The Kier molecular flexibility index (Phi) is 6.09. The van der Waals surface area contributed by atoms with Gasteiger partial charge in [0.25, 0.3) is 0 Å². The molecule has 0 aromatic carbocycles. The van der Waals surface area contributed by atoms with Crippen LogP contribution in [-0.4, -0.2) is 18.5 Å². The Labute approximate surface area is 89.6 Å². The van der Waals surface area contributed by atoms with Crippen LogP contribution in [0.4, 0.5) is 0 Å². The van der Waals surface area contributed by atoms with Crippen molar-refractivity contribution in [3.8, 4) is 0 Å². The third-order valence-corrected chi connectivity index (χ3v) is 1.28. The molecule has 82 valence electrons. The van der Waals surface area contributed by atoms with Crippen LogP contribution in [0.15, 0.2) is 24.3 Å². The van der Waals surface area contributed by atoms with E-state index >= 15 is 0 Å². The lowest BCUT2D eigenvalue weighted by Crippen LogP contribution is -2.09. The second-order valence-electron chi connectivity index (χ2n) is 2.94. The van der Waals surface area contributed by atoms with Crippen molar-refractivity contribution >= 4 is 11.9 Å². The first-order chi connectivity index (χ1) is 6.95. The Morgan fingerprint density at radius 3 is 2.13 bits per heavy atom. The smallest absolute Gasteiger partial charge is 0.333 e. The van der Waals surface area contributed by atoms with E-state index in [-0.39, 0.29) is 6.61 Å². The molecule has 0 bridgehead atoms. The van der Waals surface area contributed by atoms with Gasteiger partial charge in [-0.05, 0) is 13.8 Å². The minimum Gasteiger partial charge on any atom is -0.462 e. The molecule has 0 N–H and O–H groups in total. The average Bonchev–Trinajstić information content (AvgIpc) is 2.16. The van der Waals surface area contributed by atoms with Gasteiger partial charge < -0.3 is 9.47 Å². The molecule has 0 spiro atoms. The molecule has 0 aliphatic rings. The Bertz CT molecular complexity index is 250. The molecule has 0 rings (SSSR count). The summed E-state index contributed by atoms with van der Waals surface area (Å²) in [5, 5.41) is 0. The van der Waals surface area contributed by atoms with Crippen LogP contribution in [0.5, 0.6) is 0 Å². The van der Waals surface area contributed by atoms with E-state index in [0.29, 0.717) is 11.1 Å². The van der Waals surface area contributed by atoms with Crippen LogP contribution in [-0.2, 0) is 19.1 Å². The van der Waals surface area contributed by atoms with Crippen molar-refractivity contribution in [1.82, 2.24) is 0 Å². The van der Waals surface area contributed by atoms with Crippen LogP contribution in [0.25, 0.3) is 0 Å². The molecule has 0 saturated heterocycles. The number of ether oxygens (including phenoxy) is 2. The minimum atomic E-state index is -0.516. The summed E-state index contributed by atoms with van der Waals surface area (Å²) in [5.74, 6) is -0.997. The van der Waals surface area contributed by atoms with Crippen LogP contribution < -0.4 is 0 Å². The summed E-state index contributed by atoms with van der Waals surface area (Å²) in [4.78, 5) is 21.7. The van der Waals surface area contributed by atoms with Crippen molar-refractivity contribution in [2.75, 3.05) is 6.61 Å². The summed E-state index contributed by atoms with van der Waals surface area (Å²) >= 11 is 0. The van der Waals surface area contributed by atoms with Crippen molar-refractivity contribution in [1.29, 1.82) is 0 Å². The number of hydrogen-bond acceptors (Lipinski definition) is 4. The molecule has 0 aromatic rings. The lowest BCUT2D eigenvalue weighted by atomic mass is 10.3. The fourth-order valence-corrected chi connectivity index (χ4v) is 0.497. The standard InChI is InChI=1S/C11H14O4/c1-8(2)10(12)14-6-5-7-15-11(13)9(3)4/h5-6H,1,3,7H2,2,4H3. The van der Waals surface area contributed by atoms with Crippen molar-refractivity contribution in [2.45, 2.75) is 13.8 Å². The van der Waals surface area contributed by atoms with Gasteiger partial charge in [0, 0.05) is 17.6 Å². The van der Waals surface area contributed by atoms with E-state index in [1.807, 2.05) is 0 Å². The molecule has 15 heavy (non-hydrogen) atoms. The first-order valence-corrected chi connectivity index (χ1v) is 4.29. The van der Waals surface area contributed by atoms with Gasteiger partial charge in [0.2, 0.25) is 0 Å². The van der Waals surface area contributed by atoms with Crippen LogP contribution in [0, 0.1) is 13.0 Å². The predicted molar refractivity (Wildman–Crippen MR) is 55.3 cm³/mol. The molecule has 2 radical (unpaired) electrons. The van der Waals surface area contributed by atoms with E-state index in [1.54, 1.807) is 6.92 Å². The molecular weight excluding hydrogens is 196 g/mol. The van der Waals surface area contributed by atoms with Gasteiger partial charge in [-0.1, -0.05) is 13.2 Å². The molecule has 0 aliphatic carbocycles. The van der Waals surface area contributed by atoms with Crippen molar-refractivity contribution < 1.29 is 19.1 Å². The number of carbonyl (C=O) groups is 2. The molecule has 4 heteroatoms. The highest BCUT2D eigenvalue weighted by Crippen LogP contribution is 1.98. The Morgan fingerprint density at radius 1 is 1.13 bits per heavy atom. The molecule has 0 unspecified atom stereocenters. The lowest BCUT2D eigenvalue weighted by Gasteiger charge is -2.04. The minimum absolute atomic E-state index is 0.0369. The summed E-state index contributed by atoms with van der Waals surface area (Å²) in [6.07, 6.45) is 1.40. The van der Waals surface area contributed by atoms with Gasteiger partial charge in [0.1, 0.15) is 6.61 Å². The fraction of sp³-hybridized carbons (Fsp3) is 0.273. The van der Waals surface area contributed by atoms with E-state index in [1.165, 1.54) is 13.3 Å². The molecule has 0 atom stereocenters. The van der Waals surface area contributed by atoms with Gasteiger partial charge >= 0.3 is 11.9 Å². The van der Waals surface area contributed by atoms with Crippen LogP contribution >= 0.6 is 0 Å². The summed E-state index contributed by atoms with van der Waals surface area (Å²) in [5.41, 5.74) is 0.626. The van der Waals surface area contributed by atoms with Crippen molar-refractivity contribution in [3.63, 3.8) is 0 Å². The molecule has 0 aliphatic heterocycles. The predicted octanol–water partition coefficient (Wildman–Crippen LogP) is 1.59. The fourth-order valence-electron chi connectivity index (χ4n) is 0.497. The van der Waals surface area contributed by atoms with Gasteiger partial charge in [0.15, 0.2) is 0 Å². The highest BCUT2D eigenvalue weighted by atomic mass is 16.5. The summed E-state index contributed by atoms with van der Waals surface area (Å²) < 4.78 is 9.32. The molecule has 0 fully saturated rings. The van der Waals surface area contributed by atoms with Gasteiger partial charge in [0.05, 0.1) is 6.61 Å². The summed E-state index contributed by atoms with van der Waals surface area (Å²) in [6.45, 7) is 11.1. The zero-order valence-electron chi connectivity index (χ0n) is 8.91. The number of carbonyl (C=O) groups excluding carboxylic acids is 2. The second-order valence-corrected chi connectivity index (χ2v) is 2.94. The molecule has 0 aromatic heterocycles. The highest BCUT2D eigenvalue weighted by Gasteiger charge is 2.05. The molecule has 0 amide bonds. The van der Waals surface area contributed by atoms with Crippen LogP contribution in [0.1, 0.15) is 13.8 Å². The van der Waals surface area contributed by atoms with E-state index in [4.69, 9.17) is 4.74 Å². The van der Waals surface area contributed by atoms with Gasteiger partial charge in [-0.2, -0.15) is 0 Å². The third-order valence-electron chi connectivity index (χ3n) is 1.28. The maximum atomic E-state index is 10.9. The molecule has 0 heterocycles. The topological polar surface area (TPSA) is 52.6 Å². The maximum Gasteiger partial charge on any atom is 0.333 e. The number of rotatable bonds is 6. The van der Waals surface area contributed by atoms with E-state index in [9.17, 15) is 9.59 Å². The van der Waals surface area contributed by atoms with Gasteiger partial charge in [-0.15, -0.1) is 0 Å². The quantitative estimate of drug-likeness (QED) is 0.379. The van der Waals surface area contributed by atoms with Crippen molar-refractivity contribution in [3.05, 3.63) is 37.3 Å². The highest BCUT2D eigenvalue weighted by molar-refractivity contribution is 5.87. The summed E-state index contributed by atoms with van der Waals surface area (Å²) in [7, 11) is 0. The SMILES string of the molecule is C=C(C)C(=O)O[CH][CH]COC(=O)C(=C)C. The first-order valence-electron chi connectivity index (χ1n) is 4.29. The third kappa shape index (κ3) is 6.49. The zero-order chi connectivity index (χ0) is 11.8. The molecule has 4 nitrogen and oxygen atoms in total. The first kappa shape index (κ1) is 13.4. The van der Waals surface area contributed by atoms with E-state index < -0.39 is 11.9 Å². The lowest BCUT2D eigenvalue weighted by molar-refractivity contribution is -0.138. The second kappa shape index (κ2) is 6.81. The zero-order valence-corrected chi connectivity index (χ0v) is 8.91. The van der Waals surface area contributed by atoms with E-state index in [0.717, 1.165) is 6.61 Å². The van der Waals surface area contributed by atoms with Crippen LogP contribution in [0.2, 0.25) is 0 Å². The normalized spacial score (nSPS) is 9.20. The Hall–Kier alpha value is -1.58. The monoisotopic (exact) mass is 210 g/mol. The van der Waals surface area contributed by atoms with Crippen LogP contribution in [0.3, 0.4) is 0 Å². The maximum absolute atomic E-state index is 10.9. The largest absolute Gasteiger partial charge is 0.462 e. The molecule has 0 saturated carbocycles. The summed E-state index contributed by atoms with van der Waals surface area (Å²) in [6, 6.07) is 0. The number of hydrogen-bond donors (Lipinski definition) is 0. The Morgan fingerprint density at radius 2 is 1.67 bits per heavy atom.